The number of fused-ring (bicyclic) bond motifs is 3. The van der Waals surface area contributed by atoms with Crippen molar-refractivity contribution in [3.63, 3.8) is 0 Å². The van der Waals surface area contributed by atoms with Gasteiger partial charge in [-0.2, -0.15) is 9.97 Å². The van der Waals surface area contributed by atoms with Crippen LogP contribution in [0.15, 0.2) is 72.8 Å². The summed E-state index contributed by atoms with van der Waals surface area (Å²) < 4.78 is 6.11. The number of phenols is 2. The molecule has 6 heteroatoms. The Morgan fingerprint density at radius 3 is 2.17 bits per heavy atom. The summed E-state index contributed by atoms with van der Waals surface area (Å²) in [6.07, 6.45) is 3.15. The molecule has 0 radical (unpaired) electrons. The summed E-state index contributed by atoms with van der Waals surface area (Å²) >= 11 is 0. The molecule has 0 aliphatic heterocycles. The van der Waals surface area contributed by atoms with Crippen LogP contribution in [-0.4, -0.2) is 31.8 Å². The Bertz CT molecular complexity index is 1530. The standard InChI is InChI=1S/C30H29N3O3/c1-3-9-19(4-2)18-36-30-32-28(25-15-14-21(34)17-27(25)35)31-29(33-30)26-16-20-10-5-6-11-22(20)23-12-7-8-13-24(23)26/h5-8,10-17,19,34-35H,3-4,9,18H2,1-2H3. The van der Waals surface area contributed by atoms with E-state index in [9.17, 15) is 10.2 Å². The van der Waals surface area contributed by atoms with E-state index in [1.54, 1.807) is 6.07 Å². The van der Waals surface area contributed by atoms with E-state index in [2.05, 4.69) is 49.2 Å². The van der Waals surface area contributed by atoms with Crippen molar-refractivity contribution in [2.24, 2.45) is 5.92 Å². The molecule has 0 bridgehead atoms. The highest BCUT2D eigenvalue weighted by atomic mass is 16.5. The van der Waals surface area contributed by atoms with Crippen LogP contribution in [0.5, 0.6) is 17.5 Å². The van der Waals surface area contributed by atoms with E-state index in [4.69, 9.17) is 14.7 Å². The third-order valence-corrected chi connectivity index (χ3v) is 6.57. The first kappa shape index (κ1) is 23.5. The molecule has 0 saturated heterocycles. The second-order valence-corrected chi connectivity index (χ2v) is 9.03. The minimum absolute atomic E-state index is 0.0344. The minimum atomic E-state index is -0.112. The lowest BCUT2D eigenvalue weighted by molar-refractivity contribution is 0.219. The number of aromatic nitrogens is 3. The van der Waals surface area contributed by atoms with Crippen molar-refractivity contribution in [1.29, 1.82) is 0 Å². The quantitative estimate of drug-likeness (QED) is 0.230. The van der Waals surface area contributed by atoms with E-state index in [1.165, 1.54) is 12.1 Å². The number of hydrogen-bond acceptors (Lipinski definition) is 6. The molecular formula is C30H29N3O3. The van der Waals surface area contributed by atoms with Crippen molar-refractivity contribution < 1.29 is 14.9 Å². The third-order valence-electron chi connectivity index (χ3n) is 6.57. The van der Waals surface area contributed by atoms with Gasteiger partial charge >= 0.3 is 6.01 Å². The molecule has 0 saturated carbocycles. The first-order valence-electron chi connectivity index (χ1n) is 12.4. The van der Waals surface area contributed by atoms with E-state index in [0.717, 1.165) is 46.4 Å². The van der Waals surface area contributed by atoms with E-state index < -0.39 is 0 Å². The van der Waals surface area contributed by atoms with Crippen molar-refractivity contribution in [3.8, 4) is 40.3 Å². The van der Waals surface area contributed by atoms with E-state index in [-0.39, 0.29) is 23.3 Å². The molecule has 182 valence electrons. The average Bonchev–Trinajstić information content (AvgIpc) is 2.90. The Kier molecular flexibility index (Phi) is 6.67. The Morgan fingerprint density at radius 2 is 1.44 bits per heavy atom. The number of ether oxygens (including phenoxy) is 1. The van der Waals surface area contributed by atoms with E-state index in [0.29, 0.717) is 23.9 Å². The first-order valence-corrected chi connectivity index (χ1v) is 12.4. The van der Waals surface area contributed by atoms with Gasteiger partial charge in [-0.05, 0) is 52.1 Å². The average molecular weight is 480 g/mol. The summed E-state index contributed by atoms with van der Waals surface area (Å²) in [5.74, 6) is 1.01. The molecule has 1 aromatic heterocycles. The Morgan fingerprint density at radius 1 is 0.750 bits per heavy atom. The Labute approximate surface area is 210 Å². The topological polar surface area (TPSA) is 88.4 Å². The number of phenolic OH excluding ortho intramolecular Hbond substituents is 2. The second kappa shape index (κ2) is 10.2. The van der Waals surface area contributed by atoms with Gasteiger partial charge in [-0.15, -0.1) is 0 Å². The van der Waals surface area contributed by atoms with Crippen molar-refractivity contribution in [3.05, 3.63) is 72.8 Å². The number of aromatic hydroxyl groups is 2. The summed E-state index contributed by atoms with van der Waals surface area (Å²) in [5.41, 5.74) is 1.25. The van der Waals surface area contributed by atoms with Crippen molar-refractivity contribution >= 4 is 21.5 Å². The molecule has 0 spiro atoms. The van der Waals surface area contributed by atoms with E-state index >= 15 is 0 Å². The predicted octanol–water partition coefficient (Wildman–Crippen LogP) is 7.13. The van der Waals surface area contributed by atoms with Crippen LogP contribution in [0.4, 0.5) is 0 Å². The van der Waals surface area contributed by atoms with Crippen molar-refractivity contribution in [2.45, 2.75) is 33.1 Å². The van der Waals surface area contributed by atoms with Gasteiger partial charge in [-0.25, -0.2) is 4.98 Å². The number of rotatable bonds is 8. The van der Waals surface area contributed by atoms with Crippen LogP contribution in [0.25, 0.3) is 44.3 Å². The van der Waals surface area contributed by atoms with Crippen LogP contribution in [-0.2, 0) is 0 Å². The number of nitrogens with zero attached hydrogens (tertiary/aromatic N) is 3. The third kappa shape index (κ3) is 4.67. The fourth-order valence-electron chi connectivity index (χ4n) is 4.62. The highest BCUT2D eigenvalue weighted by Gasteiger charge is 2.18. The SMILES string of the molecule is CCCC(CC)COc1nc(-c2ccc(O)cc2O)nc(-c2cc3ccccc3c3ccccc23)n1. The van der Waals surface area contributed by atoms with Gasteiger partial charge in [0.1, 0.15) is 11.5 Å². The zero-order chi connectivity index (χ0) is 25.1. The maximum Gasteiger partial charge on any atom is 0.320 e. The molecule has 1 atom stereocenters. The van der Waals surface area contributed by atoms with Crippen LogP contribution in [0.2, 0.25) is 0 Å². The number of hydrogen-bond donors (Lipinski definition) is 2. The highest BCUT2D eigenvalue weighted by molar-refractivity contribution is 6.13. The summed E-state index contributed by atoms with van der Waals surface area (Å²) in [6.45, 7) is 4.83. The Balaban J connectivity index is 1.69. The molecule has 0 aliphatic rings. The normalized spacial score (nSPS) is 12.2. The molecule has 5 aromatic rings. The van der Waals surface area contributed by atoms with Gasteiger partial charge < -0.3 is 14.9 Å². The molecule has 0 amide bonds. The van der Waals surface area contributed by atoms with Gasteiger partial charge in [0.2, 0.25) is 0 Å². The van der Waals surface area contributed by atoms with Gasteiger partial charge in [0.15, 0.2) is 11.6 Å². The molecule has 1 unspecified atom stereocenters. The predicted molar refractivity (Wildman–Crippen MR) is 143 cm³/mol. The van der Waals surface area contributed by atoms with Crippen LogP contribution < -0.4 is 4.74 Å². The molecular weight excluding hydrogens is 450 g/mol. The van der Waals surface area contributed by atoms with Crippen LogP contribution in [0, 0.1) is 5.92 Å². The largest absolute Gasteiger partial charge is 0.508 e. The molecule has 1 heterocycles. The maximum atomic E-state index is 10.5. The monoisotopic (exact) mass is 479 g/mol. The van der Waals surface area contributed by atoms with Crippen molar-refractivity contribution in [1.82, 2.24) is 15.0 Å². The molecule has 0 aliphatic carbocycles. The second-order valence-electron chi connectivity index (χ2n) is 9.03. The zero-order valence-electron chi connectivity index (χ0n) is 20.5. The number of benzene rings is 4. The molecule has 0 fully saturated rings. The van der Waals surface area contributed by atoms with Gasteiger partial charge in [0.05, 0.1) is 12.2 Å². The summed E-state index contributed by atoms with van der Waals surface area (Å²) in [7, 11) is 0. The zero-order valence-corrected chi connectivity index (χ0v) is 20.5. The fraction of sp³-hybridized carbons (Fsp3) is 0.233. The maximum absolute atomic E-state index is 10.5. The van der Waals surface area contributed by atoms with Gasteiger partial charge in [0, 0.05) is 11.6 Å². The molecule has 4 aromatic carbocycles. The smallest absolute Gasteiger partial charge is 0.320 e. The molecule has 5 rings (SSSR count). The van der Waals surface area contributed by atoms with E-state index in [1.807, 2.05) is 24.3 Å². The lowest BCUT2D eigenvalue weighted by atomic mass is 9.97. The molecule has 2 N–H and O–H groups in total. The lowest BCUT2D eigenvalue weighted by Gasteiger charge is -2.16. The minimum Gasteiger partial charge on any atom is -0.508 e. The molecule has 36 heavy (non-hydrogen) atoms. The van der Waals surface area contributed by atoms with Crippen LogP contribution in [0.3, 0.4) is 0 Å². The first-order chi connectivity index (χ1) is 17.6. The highest BCUT2D eigenvalue weighted by Crippen LogP contribution is 2.36. The van der Waals surface area contributed by atoms with Crippen molar-refractivity contribution in [2.75, 3.05) is 6.61 Å². The fourth-order valence-corrected chi connectivity index (χ4v) is 4.62. The Hall–Kier alpha value is -4.19. The summed E-state index contributed by atoms with van der Waals surface area (Å²) in [5, 5.41) is 24.7. The molecule has 6 nitrogen and oxygen atoms in total. The summed E-state index contributed by atoms with van der Waals surface area (Å²) in [6, 6.07) is 23.1. The van der Waals surface area contributed by atoms with Crippen LogP contribution >= 0.6 is 0 Å². The van der Waals surface area contributed by atoms with Gasteiger partial charge in [-0.1, -0.05) is 75.2 Å². The van der Waals surface area contributed by atoms with Crippen LogP contribution in [0.1, 0.15) is 33.1 Å². The van der Waals surface area contributed by atoms with Gasteiger partial charge in [0.25, 0.3) is 0 Å². The van der Waals surface area contributed by atoms with Gasteiger partial charge in [-0.3, -0.25) is 0 Å². The summed E-state index contributed by atoms with van der Waals surface area (Å²) in [4.78, 5) is 14.0. The lowest BCUT2D eigenvalue weighted by Crippen LogP contribution is -2.13.